The molecule has 0 amide bonds. The molecule has 0 aliphatic rings. The van der Waals surface area contributed by atoms with E-state index in [4.69, 9.17) is 4.74 Å². The summed E-state index contributed by atoms with van der Waals surface area (Å²) in [5.74, 6) is 0.0324. The van der Waals surface area contributed by atoms with Crippen LogP contribution < -0.4 is 0 Å². The second-order valence-corrected chi connectivity index (χ2v) is 10.8. The van der Waals surface area contributed by atoms with E-state index >= 15 is 0 Å². The Morgan fingerprint density at radius 1 is 1.03 bits per heavy atom. The summed E-state index contributed by atoms with van der Waals surface area (Å²) in [6.45, 7) is 16.5. The zero-order valence-corrected chi connectivity index (χ0v) is 21.5. The Bertz CT molecular complexity index is 942. The highest BCUT2D eigenvalue weighted by Crippen LogP contribution is 2.44. The molecular weight excluding hydrogens is 404 g/mol. The van der Waals surface area contributed by atoms with Gasteiger partial charge in [-0.25, -0.2) is 4.79 Å². The maximum atomic E-state index is 12.7. The summed E-state index contributed by atoms with van der Waals surface area (Å²) >= 11 is 1.55. The minimum absolute atomic E-state index is 0.00535. The van der Waals surface area contributed by atoms with Crippen LogP contribution in [0.4, 0.5) is 0 Å². The van der Waals surface area contributed by atoms with Crippen molar-refractivity contribution in [3.8, 4) is 0 Å². The molecule has 0 N–H and O–H groups in total. The lowest BCUT2D eigenvalue weighted by Crippen LogP contribution is -2.28. The first-order valence-electron chi connectivity index (χ1n) is 11.2. The number of carbonyl (C=O) groups is 2. The molecule has 2 rings (SSSR count). The van der Waals surface area contributed by atoms with Gasteiger partial charge in [0.15, 0.2) is 0 Å². The van der Waals surface area contributed by atoms with Gasteiger partial charge in [-0.15, -0.1) is 11.3 Å². The van der Waals surface area contributed by atoms with Crippen molar-refractivity contribution in [1.82, 2.24) is 0 Å². The van der Waals surface area contributed by atoms with Crippen molar-refractivity contribution in [2.45, 2.75) is 80.1 Å². The predicted molar refractivity (Wildman–Crippen MR) is 130 cm³/mol. The number of Topliss-reactive ketones (excluding diaryl/α,β-unsaturated/α-hetero) is 1. The Balaban J connectivity index is 2.44. The van der Waals surface area contributed by atoms with Gasteiger partial charge in [0.1, 0.15) is 10.7 Å². The van der Waals surface area contributed by atoms with Gasteiger partial charge in [0.2, 0.25) is 0 Å². The molecule has 0 spiro atoms. The van der Waals surface area contributed by atoms with E-state index in [1.165, 1.54) is 28.7 Å². The molecule has 1 unspecified atom stereocenters. The van der Waals surface area contributed by atoms with Crippen LogP contribution in [-0.4, -0.2) is 18.9 Å². The lowest BCUT2D eigenvalue weighted by molar-refractivity contribution is -0.129. The third-order valence-corrected chi connectivity index (χ3v) is 8.00. The quantitative estimate of drug-likeness (QED) is 0.411. The van der Waals surface area contributed by atoms with Crippen LogP contribution in [0.2, 0.25) is 0 Å². The Morgan fingerprint density at radius 2 is 1.65 bits per heavy atom. The molecule has 1 atom stereocenters. The number of rotatable bonds is 8. The first kappa shape index (κ1) is 25.3. The number of carbonyl (C=O) groups excluding carboxylic acids is 2. The molecule has 31 heavy (non-hydrogen) atoms. The number of benzene rings is 1. The van der Waals surface area contributed by atoms with E-state index in [-0.39, 0.29) is 22.7 Å². The van der Waals surface area contributed by atoms with Gasteiger partial charge in [0, 0.05) is 21.6 Å². The van der Waals surface area contributed by atoms with Gasteiger partial charge in [0.25, 0.3) is 0 Å². The van der Waals surface area contributed by atoms with E-state index in [1.54, 1.807) is 11.3 Å². The van der Waals surface area contributed by atoms with E-state index in [9.17, 15) is 9.59 Å². The summed E-state index contributed by atoms with van der Waals surface area (Å²) < 4.78 is 4.97. The highest BCUT2D eigenvalue weighted by molar-refractivity contribution is 7.14. The smallest absolute Gasteiger partial charge is 0.348 e. The molecule has 3 nitrogen and oxygen atoms in total. The van der Waals surface area contributed by atoms with Crippen LogP contribution in [0.15, 0.2) is 24.3 Å². The molecule has 1 aromatic heterocycles. The predicted octanol–water partition coefficient (Wildman–Crippen LogP) is 7.05. The molecular formula is C27H38O3S. The minimum atomic E-state index is -0.318. The standard InChI is InChI=1S/C27H38O3S/c1-10-27(11-2,22-16-18(4)23(31-22)25(29)30-9)21-13-12-20(17(3)15-21)14-19(5)24(28)26(6,7)8/h12-13,15-16,19H,10-11,14H2,1-9H3. The second-order valence-electron chi connectivity index (χ2n) is 9.76. The maximum Gasteiger partial charge on any atom is 0.348 e. The molecule has 0 saturated carbocycles. The molecule has 2 aromatic rings. The summed E-state index contributed by atoms with van der Waals surface area (Å²) in [7, 11) is 1.43. The van der Waals surface area contributed by atoms with Crippen molar-refractivity contribution in [2.75, 3.05) is 7.11 Å². The molecule has 1 aromatic carbocycles. The van der Waals surface area contributed by atoms with Gasteiger partial charge >= 0.3 is 5.97 Å². The first-order chi connectivity index (χ1) is 14.4. The monoisotopic (exact) mass is 442 g/mol. The Morgan fingerprint density at radius 3 is 2.13 bits per heavy atom. The summed E-state index contributed by atoms with van der Waals surface area (Å²) in [5, 5.41) is 0. The molecule has 0 fully saturated rings. The molecule has 0 saturated heterocycles. The number of esters is 1. The van der Waals surface area contributed by atoms with Crippen LogP contribution >= 0.6 is 11.3 Å². The Kier molecular flexibility index (Phi) is 7.91. The van der Waals surface area contributed by atoms with Crippen LogP contribution in [0.3, 0.4) is 0 Å². The van der Waals surface area contributed by atoms with Crippen molar-refractivity contribution >= 4 is 23.1 Å². The average molecular weight is 443 g/mol. The maximum absolute atomic E-state index is 12.7. The summed E-state index contributed by atoms with van der Waals surface area (Å²) in [6.07, 6.45) is 2.65. The molecule has 0 bridgehead atoms. The van der Waals surface area contributed by atoms with Crippen molar-refractivity contribution in [1.29, 1.82) is 0 Å². The second kappa shape index (κ2) is 9.68. The zero-order chi connectivity index (χ0) is 23.6. The van der Waals surface area contributed by atoms with Gasteiger partial charge in [-0.3, -0.25) is 4.79 Å². The SMILES string of the molecule is CCC(CC)(c1ccc(CC(C)C(=O)C(C)(C)C)c(C)c1)c1cc(C)c(C(=O)OC)s1. The van der Waals surface area contributed by atoms with Crippen LogP contribution in [0, 0.1) is 25.2 Å². The van der Waals surface area contributed by atoms with E-state index in [2.05, 4.69) is 45.0 Å². The number of hydrogen-bond acceptors (Lipinski definition) is 4. The van der Waals surface area contributed by atoms with Gasteiger partial charge in [-0.2, -0.15) is 0 Å². The number of hydrogen-bond donors (Lipinski definition) is 0. The van der Waals surface area contributed by atoms with E-state index in [0.717, 1.165) is 24.8 Å². The molecule has 1 heterocycles. The highest BCUT2D eigenvalue weighted by Gasteiger charge is 2.34. The van der Waals surface area contributed by atoms with Crippen molar-refractivity contribution < 1.29 is 14.3 Å². The minimum Gasteiger partial charge on any atom is -0.465 e. The number of methoxy groups -OCH3 is 1. The number of thiophene rings is 1. The Labute approximate surface area is 192 Å². The third kappa shape index (κ3) is 5.11. The average Bonchev–Trinajstić information content (AvgIpc) is 3.11. The lowest BCUT2D eigenvalue weighted by atomic mass is 9.73. The van der Waals surface area contributed by atoms with E-state index in [0.29, 0.717) is 10.7 Å². The molecule has 0 aliphatic carbocycles. The number of aryl methyl sites for hydroxylation is 2. The third-order valence-electron chi connectivity index (χ3n) is 6.58. The summed E-state index contributed by atoms with van der Waals surface area (Å²) in [5.41, 5.74) is 4.23. The van der Waals surface area contributed by atoms with Gasteiger partial charge in [-0.1, -0.05) is 59.7 Å². The van der Waals surface area contributed by atoms with Crippen LogP contribution in [0.5, 0.6) is 0 Å². The van der Waals surface area contributed by atoms with Crippen molar-refractivity contribution in [3.05, 3.63) is 56.3 Å². The largest absolute Gasteiger partial charge is 0.465 e. The van der Waals surface area contributed by atoms with Gasteiger partial charge in [-0.05, 0) is 61.4 Å². The van der Waals surface area contributed by atoms with Gasteiger partial charge in [0.05, 0.1) is 7.11 Å². The molecule has 4 heteroatoms. The highest BCUT2D eigenvalue weighted by atomic mass is 32.1. The molecule has 0 radical (unpaired) electrons. The lowest BCUT2D eigenvalue weighted by Gasteiger charge is -2.32. The van der Waals surface area contributed by atoms with E-state index < -0.39 is 0 Å². The van der Waals surface area contributed by atoms with Crippen LogP contribution in [-0.2, 0) is 21.4 Å². The fourth-order valence-electron chi connectivity index (χ4n) is 4.55. The molecule has 170 valence electrons. The summed E-state index contributed by atoms with van der Waals surface area (Å²) in [6, 6.07) is 8.84. The first-order valence-corrected chi connectivity index (χ1v) is 12.1. The van der Waals surface area contributed by atoms with Crippen LogP contribution in [0.25, 0.3) is 0 Å². The van der Waals surface area contributed by atoms with Crippen molar-refractivity contribution in [2.24, 2.45) is 11.3 Å². The van der Waals surface area contributed by atoms with Gasteiger partial charge < -0.3 is 4.74 Å². The fraction of sp³-hybridized carbons (Fsp3) is 0.556. The van der Waals surface area contributed by atoms with Crippen LogP contribution in [0.1, 0.15) is 91.2 Å². The normalized spacial score (nSPS) is 13.2. The molecule has 0 aliphatic heterocycles. The fourth-order valence-corrected chi connectivity index (χ4v) is 5.99. The number of ether oxygens (including phenoxy) is 1. The van der Waals surface area contributed by atoms with Crippen molar-refractivity contribution in [3.63, 3.8) is 0 Å². The zero-order valence-electron chi connectivity index (χ0n) is 20.6. The Hall–Kier alpha value is -1.94. The summed E-state index contributed by atoms with van der Waals surface area (Å²) in [4.78, 5) is 26.7. The van der Waals surface area contributed by atoms with E-state index in [1.807, 2.05) is 34.6 Å². The topological polar surface area (TPSA) is 43.4 Å². The number of ketones is 1.